The van der Waals surface area contributed by atoms with Crippen molar-refractivity contribution in [3.63, 3.8) is 0 Å². The Morgan fingerprint density at radius 1 is 1.04 bits per heavy atom. The van der Waals surface area contributed by atoms with E-state index < -0.39 is 24.1 Å². The second kappa shape index (κ2) is 13.7. The molecule has 0 spiro atoms. The van der Waals surface area contributed by atoms with E-state index in [-0.39, 0.29) is 42.6 Å². The predicted molar refractivity (Wildman–Crippen MR) is 177 cm³/mol. The fourth-order valence-electron chi connectivity index (χ4n) is 6.60. The maximum atomic E-state index is 14.6. The molecular weight excluding hydrogens is 653 g/mol. The van der Waals surface area contributed by atoms with Crippen molar-refractivity contribution in [1.82, 2.24) is 34.8 Å². The molecule has 1 aromatic carbocycles. The number of amides is 1. The summed E-state index contributed by atoms with van der Waals surface area (Å²) in [5, 5.41) is 12.3. The van der Waals surface area contributed by atoms with Crippen LogP contribution >= 0.6 is 0 Å². The Balaban J connectivity index is 1.22. The predicted octanol–water partition coefficient (Wildman–Crippen LogP) is 7.48. The highest BCUT2D eigenvalue weighted by atomic mass is 19.4. The second-order valence-corrected chi connectivity index (χ2v) is 12.8. The molecule has 15 heteroatoms. The first kappa shape index (κ1) is 33.4. The maximum absolute atomic E-state index is 14.6. The third-order valence-corrected chi connectivity index (χ3v) is 9.25. The zero-order chi connectivity index (χ0) is 35.0. The number of ether oxygens (including phenoxy) is 2. The number of nitrogens with zero attached hydrogens (tertiary/aromatic N) is 7. The molecule has 0 saturated carbocycles. The number of carbonyl (C=O) groups is 1. The van der Waals surface area contributed by atoms with Crippen LogP contribution in [0.3, 0.4) is 0 Å². The summed E-state index contributed by atoms with van der Waals surface area (Å²) in [5.74, 6) is 0.558. The Hall–Kier alpha value is -5.05. The summed E-state index contributed by atoms with van der Waals surface area (Å²) < 4.78 is 62.2. The van der Waals surface area contributed by atoms with Gasteiger partial charge in [0.15, 0.2) is 11.9 Å². The minimum atomic E-state index is -4.77. The van der Waals surface area contributed by atoms with Crippen LogP contribution < -0.4 is 5.32 Å². The number of pyridine rings is 1. The van der Waals surface area contributed by atoms with E-state index in [2.05, 4.69) is 20.4 Å². The first-order chi connectivity index (χ1) is 24.1. The molecule has 1 unspecified atom stereocenters. The van der Waals surface area contributed by atoms with Gasteiger partial charge in [0.05, 0.1) is 17.0 Å². The van der Waals surface area contributed by atoms with Crippen LogP contribution in [0.4, 0.5) is 23.9 Å². The zero-order valence-electron chi connectivity index (χ0n) is 27.9. The van der Waals surface area contributed by atoms with Gasteiger partial charge in [-0.2, -0.15) is 18.3 Å². The fourth-order valence-corrected chi connectivity index (χ4v) is 6.60. The molecule has 4 aromatic heterocycles. The zero-order valence-corrected chi connectivity index (χ0v) is 27.9. The SMILES string of the molecule is Cc1noc(C)c1-c1ccc2c(-c3nc(N[C@H]4CC[C@H](C)N(C(=O)OCc5ccccc5)C4)ncc3C(F)(F)F)nn(C3CCCCO3)c2n1. The Morgan fingerprint density at radius 2 is 1.86 bits per heavy atom. The molecule has 3 atom stereocenters. The van der Waals surface area contributed by atoms with Crippen molar-refractivity contribution in [1.29, 1.82) is 0 Å². The molecule has 6 heterocycles. The number of piperidine rings is 1. The van der Waals surface area contributed by atoms with Crippen molar-refractivity contribution >= 4 is 23.1 Å². The van der Waals surface area contributed by atoms with Crippen LogP contribution in [0.1, 0.15) is 67.8 Å². The lowest BCUT2D eigenvalue weighted by atomic mass is 10.00. The number of halogens is 3. The van der Waals surface area contributed by atoms with Crippen LogP contribution in [0, 0.1) is 13.8 Å². The summed E-state index contributed by atoms with van der Waals surface area (Å²) in [4.78, 5) is 28.0. The average Bonchev–Trinajstić information content (AvgIpc) is 3.66. The third-order valence-electron chi connectivity index (χ3n) is 9.25. The number of aromatic nitrogens is 6. The van der Waals surface area contributed by atoms with Gasteiger partial charge < -0.3 is 24.2 Å². The third kappa shape index (κ3) is 6.73. The summed E-state index contributed by atoms with van der Waals surface area (Å²) in [6.45, 7) is 6.41. The van der Waals surface area contributed by atoms with Crippen molar-refractivity contribution < 1.29 is 32.0 Å². The molecule has 1 N–H and O–H groups in total. The van der Waals surface area contributed by atoms with E-state index in [0.29, 0.717) is 59.6 Å². The van der Waals surface area contributed by atoms with Gasteiger partial charge in [0.2, 0.25) is 5.95 Å². The number of nitrogens with one attached hydrogen (secondary N) is 1. The summed E-state index contributed by atoms with van der Waals surface area (Å²) >= 11 is 0. The number of rotatable bonds is 7. The van der Waals surface area contributed by atoms with Crippen LogP contribution in [-0.4, -0.2) is 66.1 Å². The van der Waals surface area contributed by atoms with Gasteiger partial charge in [-0.25, -0.2) is 24.4 Å². The standard InChI is InChI=1S/C35H37F3N8O4/c1-20-12-13-24(18-45(20)34(47)49-19-23-9-5-4-6-10-23)40-33-39-17-26(35(36,37)38)31(42-33)30-25-14-15-27(29-21(2)44-50-22(29)3)41-32(25)46(43-30)28-11-7-8-16-48-28/h4-6,9-10,14-15,17,20,24,28H,7-8,11-13,16,18-19H2,1-3H3,(H,39,40,42)/t20-,24-,28?/m0/s1. The van der Waals surface area contributed by atoms with Gasteiger partial charge in [0.25, 0.3) is 0 Å². The molecule has 0 radical (unpaired) electrons. The molecule has 262 valence electrons. The normalized spacial score (nSPS) is 19.9. The molecule has 2 fully saturated rings. The number of hydrogen-bond donors (Lipinski definition) is 1. The Kier molecular flexibility index (Phi) is 9.16. The molecule has 7 rings (SSSR count). The number of carbonyl (C=O) groups excluding carboxylic acids is 1. The summed E-state index contributed by atoms with van der Waals surface area (Å²) in [6, 6.07) is 12.4. The molecule has 50 heavy (non-hydrogen) atoms. The quantitative estimate of drug-likeness (QED) is 0.183. The maximum Gasteiger partial charge on any atom is 0.420 e. The van der Waals surface area contributed by atoms with Gasteiger partial charge in [0, 0.05) is 36.8 Å². The van der Waals surface area contributed by atoms with E-state index in [1.165, 1.54) is 0 Å². The number of fused-ring (bicyclic) bond motifs is 1. The number of aryl methyl sites for hydroxylation is 2. The van der Waals surface area contributed by atoms with Gasteiger partial charge in [-0.15, -0.1) is 0 Å². The Morgan fingerprint density at radius 3 is 2.58 bits per heavy atom. The summed E-state index contributed by atoms with van der Waals surface area (Å²) in [7, 11) is 0. The van der Waals surface area contributed by atoms with E-state index in [1.807, 2.05) is 37.3 Å². The minimum absolute atomic E-state index is 0.00754. The lowest BCUT2D eigenvalue weighted by Crippen LogP contribution is -2.50. The minimum Gasteiger partial charge on any atom is -0.445 e. The molecule has 1 amide bonds. The monoisotopic (exact) mass is 690 g/mol. The molecule has 12 nitrogen and oxygen atoms in total. The van der Waals surface area contributed by atoms with Crippen molar-refractivity contribution in [3.05, 3.63) is 71.2 Å². The van der Waals surface area contributed by atoms with Gasteiger partial charge in [-0.05, 0) is 70.6 Å². The van der Waals surface area contributed by atoms with E-state index in [4.69, 9.17) is 24.1 Å². The van der Waals surface area contributed by atoms with E-state index in [1.54, 1.807) is 35.6 Å². The van der Waals surface area contributed by atoms with Crippen molar-refractivity contribution in [2.24, 2.45) is 0 Å². The van der Waals surface area contributed by atoms with Crippen LogP contribution in [0.2, 0.25) is 0 Å². The summed E-state index contributed by atoms with van der Waals surface area (Å²) in [6.07, 6.45) is -1.30. The highest BCUT2D eigenvalue weighted by Crippen LogP contribution is 2.40. The van der Waals surface area contributed by atoms with Crippen molar-refractivity contribution in [2.45, 2.75) is 84.0 Å². The summed E-state index contributed by atoms with van der Waals surface area (Å²) in [5.41, 5.74) is 1.71. The van der Waals surface area contributed by atoms with Crippen LogP contribution in [0.5, 0.6) is 0 Å². The highest BCUT2D eigenvalue weighted by molar-refractivity contribution is 5.92. The molecule has 2 aliphatic rings. The Labute approximate surface area is 286 Å². The number of benzene rings is 1. The van der Waals surface area contributed by atoms with Crippen LogP contribution in [0.25, 0.3) is 33.7 Å². The van der Waals surface area contributed by atoms with Gasteiger partial charge in [0.1, 0.15) is 29.3 Å². The molecule has 2 aliphatic heterocycles. The van der Waals surface area contributed by atoms with Crippen molar-refractivity contribution in [3.8, 4) is 22.6 Å². The smallest absolute Gasteiger partial charge is 0.420 e. The number of hydrogen-bond acceptors (Lipinski definition) is 10. The van der Waals surface area contributed by atoms with Crippen LogP contribution in [-0.2, 0) is 22.3 Å². The second-order valence-electron chi connectivity index (χ2n) is 12.8. The van der Waals surface area contributed by atoms with E-state index in [0.717, 1.165) is 24.6 Å². The molecule has 5 aromatic rings. The Bertz CT molecular complexity index is 1970. The molecule has 0 aliphatic carbocycles. The average molecular weight is 691 g/mol. The van der Waals surface area contributed by atoms with E-state index >= 15 is 0 Å². The number of anilines is 1. The fraction of sp³-hybridized carbons (Fsp3) is 0.429. The van der Waals surface area contributed by atoms with Gasteiger partial charge in [-0.3, -0.25) is 0 Å². The number of alkyl halides is 3. The number of likely N-dealkylation sites (tertiary alicyclic amines) is 1. The van der Waals surface area contributed by atoms with Crippen molar-refractivity contribution in [2.75, 3.05) is 18.5 Å². The van der Waals surface area contributed by atoms with Crippen LogP contribution in [0.15, 0.2) is 53.2 Å². The first-order valence-electron chi connectivity index (χ1n) is 16.7. The lowest BCUT2D eigenvalue weighted by Gasteiger charge is -2.37. The highest BCUT2D eigenvalue weighted by Gasteiger charge is 2.38. The molecule has 2 saturated heterocycles. The molecular formula is C35H37F3N8O4. The van der Waals surface area contributed by atoms with E-state index in [9.17, 15) is 18.0 Å². The topological polar surface area (TPSA) is 133 Å². The van der Waals surface area contributed by atoms with Gasteiger partial charge >= 0.3 is 12.3 Å². The molecule has 0 bridgehead atoms. The van der Waals surface area contributed by atoms with Gasteiger partial charge in [-0.1, -0.05) is 35.5 Å². The first-order valence-corrected chi connectivity index (χ1v) is 16.7. The lowest BCUT2D eigenvalue weighted by molar-refractivity contribution is -0.137. The largest absolute Gasteiger partial charge is 0.445 e.